The zero-order valence-electron chi connectivity index (χ0n) is 8.16. The van der Waals surface area contributed by atoms with Crippen molar-refractivity contribution >= 4 is 0 Å². The summed E-state index contributed by atoms with van der Waals surface area (Å²) in [6.07, 6.45) is 3.47. The highest BCUT2D eigenvalue weighted by Gasteiger charge is 2.46. The summed E-state index contributed by atoms with van der Waals surface area (Å²) in [5.74, 6) is 0.733. The minimum atomic E-state index is 0.163. The summed E-state index contributed by atoms with van der Waals surface area (Å²) in [6, 6.07) is 10.6. The zero-order valence-corrected chi connectivity index (χ0v) is 8.16. The highest BCUT2D eigenvalue weighted by atomic mass is 14.8. The molecule has 0 heterocycles. The van der Waals surface area contributed by atoms with E-state index in [0.29, 0.717) is 0 Å². The molecule has 0 saturated heterocycles. The van der Waals surface area contributed by atoms with Crippen molar-refractivity contribution in [3.63, 3.8) is 0 Å². The van der Waals surface area contributed by atoms with E-state index in [4.69, 9.17) is 5.73 Å². The first kappa shape index (κ1) is 8.76. The van der Waals surface area contributed by atoms with E-state index in [2.05, 4.69) is 37.3 Å². The molecule has 1 aliphatic carbocycles. The average Bonchev–Trinajstić information content (AvgIpc) is 2.74. The Hall–Kier alpha value is -0.820. The lowest BCUT2D eigenvalue weighted by Gasteiger charge is -2.09. The number of nitrogens with two attached hydrogens (primary N) is 1. The number of aryl methyl sites for hydroxylation is 1. The third-order valence-corrected chi connectivity index (χ3v) is 3.23. The van der Waals surface area contributed by atoms with Crippen molar-refractivity contribution in [3.05, 3.63) is 35.9 Å². The molecule has 1 aromatic rings. The molecule has 1 fully saturated rings. The first-order valence-electron chi connectivity index (χ1n) is 5.03. The number of benzene rings is 1. The van der Waals surface area contributed by atoms with Gasteiger partial charge in [0.15, 0.2) is 0 Å². The predicted molar refractivity (Wildman–Crippen MR) is 55.5 cm³/mol. The second kappa shape index (κ2) is 3.15. The Bertz CT molecular complexity index is 280. The molecule has 2 unspecified atom stereocenters. The molecule has 13 heavy (non-hydrogen) atoms. The lowest BCUT2D eigenvalue weighted by atomic mass is 10.0. The Morgan fingerprint density at radius 1 is 1.38 bits per heavy atom. The monoisotopic (exact) mass is 175 g/mol. The lowest BCUT2D eigenvalue weighted by molar-refractivity contribution is 0.565. The van der Waals surface area contributed by atoms with Gasteiger partial charge in [0.05, 0.1) is 0 Å². The van der Waals surface area contributed by atoms with Gasteiger partial charge in [0.2, 0.25) is 0 Å². The van der Waals surface area contributed by atoms with Crippen LogP contribution in [0.5, 0.6) is 0 Å². The highest BCUT2D eigenvalue weighted by Crippen LogP contribution is 2.43. The largest absolute Gasteiger partial charge is 0.325 e. The van der Waals surface area contributed by atoms with E-state index in [-0.39, 0.29) is 5.54 Å². The molecule has 2 rings (SSSR count). The minimum absolute atomic E-state index is 0.163. The van der Waals surface area contributed by atoms with Gasteiger partial charge in [-0.15, -0.1) is 0 Å². The molecule has 70 valence electrons. The van der Waals surface area contributed by atoms with Crippen molar-refractivity contribution in [1.82, 2.24) is 0 Å². The van der Waals surface area contributed by atoms with Gasteiger partial charge in [-0.25, -0.2) is 0 Å². The molecule has 1 nitrogen and oxygen atoms in total. The Kier molecular flexibility index (Phi) is 2.12. The molecule has 2 N–H and O–H groups in total. The summed E-state index contributed by atoms with van der Waals surface area (Å²) in [5.41, 5.74) is 7.71. The first-order chi connectivity index (χ1) is 6.21. The summed E-state index contributed by atoms with van der Waals surface area (Å²) in [4.78, 5) is 0. The Balaban J connectivity index is 1.87. The second-order valence-electron chi connectivity index (χ2n) is 4.32. The fourth-order valence-electron chi connectivity index (χ4n) is 1.88. The smallest absolute Gasteiger partial charge is 0.0187 e. The van der Waals surface area contributed by atoms with Gasteiger partial charge in [0.1, 0.15) is 0 Å². The van der Waals surface area contributed by atoms with Crippen molar-refractivity contribution in [2.75, 3.05) is 0 Å². The van der Waals surface area contributed by atoms with Crippen molar-refractivity contribution in [1.29, 1.82) is 0 Å². The van der Waals surface area contributed by atoms with Crippen molar-refractivity contribution < 1.29 is 0 Å². The molecule has 2 atom stereocenters. The van der Waals surface area contributed by atoms with Crippen LogP contribution in [-0.2, 0) is 6.42 Å². The van der Waals surface area contributed by atoms with Crippen LogP contribution in [0.4, 0.5) is 0 Å². The van der Waals surface area contributed by atoms with Crippen molar-refractivity contribution in [2.45, 2.75) is 31.7 Å². The second-order valence-corrected chi connectivity index (χ2v) is 4.32. The molecule has 1 heteroatoms. The van der Waals surface area contributed by atoms with Crippen molar-refractivity contribution in [3.8, 4) is 0 Å². The quantitative estimate of drug-likeness (QED) is 0.749. The molecule has 0 aromatic heterocycles. The van der Waals surface area contributed by atoms with Gasteiger partial charge in [-0.2, -0.15) is 0 Å². The van der Waals surface area contributed by atoms with Gasteiger partial charge in [-0.05, 0) is 30.7 Å². The standard InChI is InChI=1S/C12H17N/c1-10-9-12(10,13)8-7-11-5-3-2-4-6-11/h2-6,10H,7-9,13H2,1H3. The molecule has 0 amide bonds. The van der Waals surface area contributed by atoms with Crippen molar-refractivity contribution in [2.24, 2.45) is 11.7 Å². The van der Waals surface area contributed by atoms with Crippen LogP contribution in [0.15, 0.2) is 30.3 Å². The number of rotatable bonds is 3. The third-order valence-electron chi connectivity index (χ3n) is 3.23. The molecule has 1 aliphatic rings. The lowest BCUT2D eigenvalue weighted by Crippen LogP contribution is -2.24. The van der Waals surface area contributed by atoms with Crippen LogP contribution < -0.4 is 5.73 Å². The SMILES string of the molecule is CC1CC1(N)CCc1ccccc1. The topological polar surface area (TPSA) is 26.0 Å². The van der Waals surface area contributed by atoms with Gasteiger partial charge in [0.25, 0.3) is 0 Å². The normalized spacial score (nSPS) is 31.7. The van der Waals surface area contributed by atoms with Crippen LogP contribution in [0.3, 0.4) is 0 Å². The van der Waals surface area contributed by atoms with Gasteiger partial charge in [-0.1, -0.05) is 37.3 Å². The molecular formula is C12H17N. The maximum atomic E-state index is 6.14. The fourth-order valence-corrected chi connectivity index (χ4v) is 1.88. The Labute approximate surface area is 80.0 Å². The van der Waals surface area contributed by atoms with Crippen LogP contribution in [-0.4, -0.2) is 5.54 Å². The minimum Gasteiger partial charge on any atom is -0.325 e. The van der Waals surface area contributed by atoms with E-state index in [1.54, 1.807) is 0 Å². The number of hydrogen-bond donors (Lipinski definition) is 1. The molecule has 1 saturated carbocycles. The van der Waals surface area contributed by atoms with Crippen LogP contribution >= 0.6 is 0 Å². The molecule has 0 bridgehead atoms. The average molecular weight is 175 g/mol. The molecule has 0 spiro atoms. The van der Waals surface area contributed by atoms with Crippen LogP contribution in [0.1, 0.15) is 25.3 Å². The van der Waals surface area contributed by atoms with Crippen LogP contribution in [0.25, 0.3) is 0 Å². The van der Waals surface area contributed by atoms with Gasteiger partial charge in [-0.3, -0.25) is 0 Å². The maximum Gasteiger partial charge on any atom is 0.0187 e. The van der Waals surface area contributed by atoms with E-state index >= 15 is 0 Å². The molecule has 0 radical (unpaired) electrons. The Morgan fingerprint density at radius 3 is 2.54 bits per heavy atom. The van der Waals surface area contributed by atoms with E-state index in [1.165, 1.54) is 12.0 Å². The van der Waals surface area contributed by atoms with Crippen LogP contribution in [0, 0.1) is 5.92 Å². The predicted octanol–water partition coefficient (Wildman–Crippen LogP) is 2.36. The fraction of sp³-hybridized carbons (Fsp3) is 0.500. The van der Waals surface area contributed by atoms with E-state index in [1.807, 2.05) is 0 Å². The van der Waals surface area contributed by atoms with E-state index in [0.717, 1.165) is 18.8 Å². The summed E-state index contributed by atoms with van der Waals surface area (Å²) >= 11 is 0. The summed E-state index contributed by atoms with van der Waals surface area (Å²) in [6.45, 7) is 2.24. The van der Waals surface area contributed by atoms with Gasteiger partial charge < -0.3 is 5.73 Å². The molecule has 0 aliphatic heterocycles. The molecular weight excluding hydrogens is 158 g/mol. The van der Waals surface area contributed by atoms with Gasteiger partial charge in [0, 0.05) is 5.54 Å². The first-order valence-corrected chi connectivity index (χ1v) is 5.03. The summed E-state index contributed by atoms with van der Waals surface area (Å²) in [5, 5.41) is 0. The van der Waals surface area contributed by atoms with Crippen LogP contribution in [0.2, 0.25) is 0 Å². The van der Waals surface area contributed by atoms with E-state index < -0.39 is 0 Å². The zero-order chi connectivity index (χ0) is 9.31. The van der Waals surface area contributed by atoms with E-state index in [9.17, 15) is 0 Å². The third kappa shape index (κ3) is 1.92. The maximum absolute atomic E-state index is 6.14. The Morgan fingerprint density at radius 2 is 2.00 bits per heavy atom. The molecule has 1 aromatic carbocycles. The summed E-state index contributed by atoms with van der Waals surface area (Å²) < 4.78 is 0. The number of hydrogen-bond acceptors (Lipinski definition) is 1. The summed E-state index contributed by atoms with van der Waals surface area (Å²) in [7, 11) is 0. The van der Waals surface area contributed by atoms with Gasteiger partial charge >= 0.3 is 0 Å². The highest BCUT2D eigenvalue weighted by molar-refractivity contribution is 5.17.